The molecule has 0 aliphatic heterocycles. The lowest BCUT2D eigenvalue weighted by Crippen LogP contribution is -2.45. The van der Waals surface area contributed by atoms with Crippen LogP contribution in [0.2, 0.25) is 0 Å². The van der Waals surface area contributed by atoms with Crippen molar-refractivity contribution in [1.82, 2.24) is 0 Å². The third-order valence-electron chi connectivity index (χ3n) is 5.43. The molecule has 0 amide bonds. The topological polar surface area (TPSA) is 37.3 Å². The van der Waals surface area contributed by atoms with Crippen molar-refractivity contribution in [2.24, 2.45) is 23.2 Å². The zero-order chi connectivity index (χ0) is 14.6. The molecule has 0 bridgehead atoms. The van der Waals surface area contributed by atoms with Crippen LogP contribution in [0.1, 0.15) is 66.7 Å². The highest BCUT2D eigenvalue weighted by atomic mass is 16.4. The molecule has 2 aliphatic rings. The van der Waals surface area contributed by atoms with Crippen molar-refractivity contribution in [3.05, 3.63) is 11.6 Å². The highest BCUT2D eigenvalue weighted by Gasteiger charge is 2.48. The van der Waals surface area contributed by atoms with Crippen molar-refractivity contribution in [3.63, 3.8) is 0 Å². The van der Waals surface area contributed by atoms with Crippen LogP contribution >= 0.6 is 0 Å². The van der Waals surface area contributed by atoms with Crippen LogP contribution in [0.4, 0.5) is 0 Å². The van der Waals surface area contributed by atoms with E-state index in [1.54, 1.807) is 0 Å². The van der Waals surface area contributed by atoms with Crippen molar-refractivity contribution >= 4 is 5.97 Å². The average molecular weight is 266 g/mol. The summed E-state index contributed by atoms with van der Waals surface area (Å²) in [6, 6.07) is 0. The highest BCUT2D eigenvalue weighted by molar-refractivity contribution is 5.67. The standard InChI is InChI=1S/C15H24O2.C2H6/c1-10-5-4-6-13-12(10)8-7-11(2)15(13,3)9-14(16)17;1-2/h5,11-13H,4,6-9H2,1-3H3,(H,16,17);1-2H3/t11-,12?,13+,15+;/m1./s1. The molecular weight excluding hydrogens is 236 g/mol. The van der Waals surface area contributed by atoms with Crippen LogP contribution in [0, 0.1) is 23.2 Å². The molecule has 0 aromatic heterocycles. The summed E-state index contributed by atoms with van der Waals surface area (Å²) in [6.07, 6.45) is 7.44. The van der Waals surface area contributed by atoms with E-state index < -0.39 is 5.97 Å². The predicted molar refractivity (Wildman–Crippen MR) is 80.1 cm³/mol. The van der Waals surface area contributed by atoms with Crippen LogP contribution in [-0.4, -0.2) is 11.1 Å². The second-order valence-electron chi connectivity index (χ2n) is 6.29. The average Bonchev–Trinajstić information content (AvgIpc) is 2.37. The van der Waals surface area contributed by atoms with Crippen molar-refractivity contribution in [2.45, 2.75) is 66.7 Å². The van der Waals surface area contributed by atoms with Gasteiger partial charge in [-0.3, -0.25) is 4.79 Å². The zero-order valence-corrected chi connectivity index (χ0v) is 13.2. The minimum absolute atomic E-state index is 0.00965. The summed E-state index contributed by atoms with van der Waals surface area (Å²) in [7, 11) is 0. The normalized spacial score (nSPS) is 37.5. The third kappa shape index (κ3) is 3.21. The largest absolute Gasteiger partial charge is 0.481 e. The molecule has 2 aliphatic carbocycles. The summed E-state index contributed by atoms with van der Waals surface area (Å²) in [5, 5.41) is 9.19. The maximum atomic E-state index is 11.2. The van der Waals surface area contributed by atoms with Gasteiger partial charge in [0, 0.05) is 0 Å². The van der Waals surface area contributed by atoms with Crippen LogP contribution in [0.15, 0.2) is 11.6 Å². The van der Waals surface area contributed by atoms with Gasteiger partial charge in [0.25, 0.3) is 0 Å². The minimum atomic E-state index is -0.632. The quantitative estimate of drug-likeness (QED) is 0.722. The van der Waals surface area contributed by atoms with Crippen LogP contribution < -0.4 is 0 Å². The maximum Gasteiger partial charge on any atom is 0.303 e. The molecular formula is C17H30O2. The summed E-state index contributed by atoms with van der Waals surface area (Å²) in [6.45, 7) is 10.7. The summed E-state index contributed by atoms with van der Waals surface area (Å²) in [5.41, 5.74) is 1.49. The number of hydrogen-bond acceptors (Lipinski definition) is 1. The Morgan fingerprint density at radius 2 is 2.00 bits per heavy atom. The van der Waals surface area contributed by atoms with Gasteiger partial charge in [-0.15, -0.1) is 0 Å². The Kier molecular flexibility index (Phi) is 5.64. The number of allylic oxidation sites excluding steroid dienone is 2. The lowest BCUT2D eigenvalue weighted by atomic mass is 9.53. The number of fused-ring (bicyclic) bond motifs is 1. The van der Waals surface area contributed by atoms with Gasteiger partial charge in [-0.25, -0.2) is 0 Å². The lowest BCUT2D eigenvalue weighted by molar-refractivity contribution is -0.143. The van der Waals surface area contributed by atoms with E-state index in [0.717, 1.165) is 6.42 Å². The van der Waals surface area contributed by atoms with Crippen molar-refractivity contribution < 1.29 is 9.90 Å². The Labute approximate surface area is 118 Å². The van der Waals surface area contributed by atoms with E-state index in [0.29, 0.717) is 24.2 Å². The molecule has 0 aromatic rings. The second kappa shape index (κ2) is 6.58. The van der Waals surface area contributed by atoms with Crippen LogP contribution in [-0.2, 0) is 4.79 Å². The van der Waals surface area contributed by atoms with Gasteiger partial charge in [0.2, 0.25) is 0 Å². The van der Waals surface area contributed by atoms with Gasteiger partial charge in [-0.2, -0.15) is 0 Å². The number of carboxylic acid groups (broad SMARTS) is 1. The van der Waals surface area contributed by atoms with Crippen LogP contribution in [0.3, 0.4) is 0 Å². The first-order valence-electron chi connectivity index (χ1n) is 7.83. The molecule has 110 valence electrons. The first-order valence-corrected chi connectivity index (χ1v) is 7.83. The molecule has 0 saturated heterocycles. The molecule has 4 atom stereocenters. The van der Waals surface area contributed by atoms with Crippen LogP contribution in [0.5, 0.6) is 0 Å². The molecule has 2 heteroatoms. The van der Waals surface area contributed by atoms with Crippen molar-refractivity contribution in [3.8, 4) is 0 Å². The fraction of sp³-hybridized carbons (Fsp3) is 0.824. The number of aliphatic carboxylic acids is 1. The summed E-state index contributed by atoms with van der Waals surface area (Å²) >= 11 is 0. The molecule has 2 rings (SSSR count). The Morgan fingerprint density at radius 1 is 1.37 bits per heavy atom. The van der Waals surface area contributed by atoms with E-state index in [-0.39, 0.29) is 5.41 Å². The van der Waals surface area contributed by atoms with Gasteiger partial charge >= 0.3 is 5.97 Å². The predicted octanol–water partition coefficient (Wildman–Crippen LogP) is 4.90. The monoisotopic (exact) mass is 266 g/mol. The summed E-state index contributed by atoms with van der Waals surface area (Å²) < 4.78 is 0. The molecule has 1 unspecified atom stereocenters. The molecule has 0 radical (unpaired) electrons. The number of carboxylic acids is 1. The molecule has 0 spiro atoms. The van der Waals surface area contributed by atoms with E-state index in [4.69, 9.17) is 0 Å². The fourth-order valence-electron chi connectivity index (χ4n) is 4.13. The first-order chi connectivity index (χ1) is 8.95. The molecule has 2 nitrogen and oxygen atoms in total. The SMILES string of the molecule is CC.CC1=CCC[C@H]2C1CC[C@@H](C)[C@]2(C)CC(=O)O. The Balaban J connectivity index is 0.000000861. The maximum absolute atomic E-state index is 11.2. The van der Waals surface area contributed by atoms with Gasteiger partial charge in [-0.05, 0) is 55.8 Å². The second-order valence-corrected chi connectivity index (χ2v) is 6.29. The molecule has 19 heavy (non-hydrogen) atoms. The molecule has 0 aromatic carbocycles. The van der Waals surface area contributed by atoms with E-state index in [9.17, 15) is 9.90 Å². The van der Waals surface area contributed by atoms with Gasteiger partial charge < -0.3 is 5.11 Å². The first kappa shape index (κ1) is 16.3. The van der Waals surface area contributed by atoms with Crippen molar-refractivity contribution in [1.29, 1.82) is 0 Å². The Hall–Kier alpha value is -0.790. The number of carbonyl (C=O) groups is 1. The zero-order valence-electron chi connectivity index (χ0n) is 13.2. The van der Waals surface area contributed by atoms with E-state index >= 15 is 0 Å². The van der Waals surface area contributed by atoms with Gasteiger partial charge in [0.1, 0.15) is 0 Å². The fourth-order valence-corrected chi connectivity index (χ4v) is 4.13. The van der Waals surface area contributed by atoms with Gasteiger partial charge in [0.05, 0.1) is 6.42 Å². The third-order valence-corrected chi connectivity index (χ3v) is 5.43. The highest BCUT2D eigenvalue weighted by Crippen LogP contribution is 2.55. The van der Waals surface area contributed by atoms with Gasteiger partial charge in [-0.1, -0.05) is 39.3 Å². The molecule has 1 saturated carbocycles. The van der Waals surface area contributed by atoms with Gasteiger partial charge in [0.15, 0.2) is 0 Å². The Morgan fingerprint density at radius 3 is 2.58 bits per heavy atom. The van der Waals surface area contributed by atoms with E-state index in [1.807, 2.05) is 13.8 Å². The van der Waals surface area contributed by atoms with Crippen LogP contribution in [0.25, 0.3) is 0 Å². The summed E-state index contributed by atoms with van der Waals surface area (Å²) in [5.74, 6) is 1.12. The lowest BCUT2D eigenvalue weighted by Gasteiger charge is -2.51. The molecule has 0 heterocycles. The van der Waals surface area contributed by atoms with Crippen molar-refractivity contribution in [2.75, 3.05) is 0 Å². The molecule has 1 N–H and O–H groups in total. The smallest absolute Gasteiger partial charge is 0.303 e. The minimum Gasteiger partial charge on any atom is -0.481 e. The van der Waals surface area contributed by atoms with E-state index in [1.165, 1.54) is 24.8 Å². The summed E-state index contributed by atoms with van der Waals surface area (Å²) in [4.78, 5) is 11.2. The van der Waals surface area contributed by atoms with E-state index in [2.05, 4.69) is 26.8 Å². The number of hydrogen-bond donors (Lipinski definition) is 1. The Bertz CT molecular complexity index is 345. The number of rotatable bonds is 2. The molecule has 1 fully saturated rings.